The molecule has 0 fully saturated rings. The lowest BCUT2D eigenvalue weighted by Gasteiger charge is -2.11. The zero-order valence-corrected chi connectivity index (χ0v) is 16.2. The second-order valence-electron chi connectivity index (χ2n) is 5.89. The minimum absolute atomic E-state index is 0.169. The van der Waals surface area contributed by atoms with Crippen LogP contribution in [-0.2, 0) is 6.54 Å². The summed E-state index contributed by atoms with van der Waals surface area (Å²) in [7, 11) is 1.62. The Balaban J connectivity index is 1.53. The third-order valence-corrected chi connectivity index (χ3v) is 4.88. The van der Waals surface area contributed by atoms with E-state index >= 15 is 0 Å². The van der Waals surface area contributed by atoms with E-state index in [1.165, 1.54) is 11.8 Å². The van der Waals surface area contributed by atoms with Gasteiger partial charge in [-0.2, -0.15) is 0 Å². The number of carbonyl (C=O) groups is 1. The van der Waals surface area contributed by atoms with Crippen molar-refractivity contribution in [1.82, 2.24) is 20.1 Å². The summed E-state index contributed by atoms with van der Waals surface area (Å²) in [6, 6.07) is 12.7. The van der Waals surface area contributed by atoms with Gasteiger partial charge in [-0.25, -0.2) is 0 Å². The summed E-state index contributed by atoms with van der Waals surface area (Å²) in [5.74, 6) is 2.37. The van der Waals surface area contributed by atoms with Gasteiger partial charge in [0.25, 0.3) is 5.91 Å². The quantitative estimate of drug-likeness (QED) is 0.639. The summed E-state index contributed by atoms with van der Waals surface area (Å²) < 4.78 is 17.7. The fourth-order valence-corrected chi connectivity index (χ4v) is 3.35. The van der Waals surface area contributed by atoms with Crippen molar-refractivity contribution in [3.05, 3.63) is 53.9 Å². The molecule has 0 aliphatic carbocycles. The van der Waals surface area contributed by atoms with Crippen LogP contribution < -0.4 is 19.5 Å². The number of hydrogen-bond donors (Lipinski definition) is 1. The lowest BCUT2D eigenvalue weighted by atomic mass is 10.2. The number of nitrogens with zero attached hydrogens (tertiary/aromatic N) is 3. The van der Waals surface area contributed by atoms with E-state index in [1.807, 2.05) is 35.1 Å². The van der Waals surface area contributed by atoms with Gasteiger partial charge in [0.2, 0.25) is 6.79 Å². The van der Waals surface area contributed by atoms with Crippen molar-refractivity contribution in [3.8, 4) is 22.9 Å². The molecule has 9 heteroatoms. The van der Waals surface area contributed by atoms with E-state index in [0.29, 0.717) is 22.9 Å². The summed E-state index contributed by atoms with van der Waals surface area (Å²) in [5.41, 5.74) is 1.38. The number of thioether (sulfide) groups is 1. The summed E-state index contributed by atoms with van der Waals surface area (Å²) in [6.45, 7) is 0.399. The van der Waals surface area contributed by atoms with Crippen molar-refractivity contribution in [2.24, 2.45) is 0 Å². The number of ether oxygens (including phenoxy) is 3. The number of amides is 1. The van der Waals surface area contributed by atoms with Crippen LogP contribution in [0.3, 0.4) is 0 Å². The summed E-state index contributed by atoms with van der Waals surface area (Å²) in [6.07, 6.45) is 1.93. The maximum absolute atomic E-state index is 12.5. The highest BCUT2D eigenvalue weighted by Gasteiger charge is 2.18. The first-order valence-corrected chi connectivity index (χ1v) is 9.72. The molecule has 0 bridgehead atoms. The topological polar surface area (TPSA) is 87.5 Å². The highest BCUT2D eigenvalue weighted by molar-refractivity contribution is 7.98. The number of hydrogen-bond acceptors (Lipinski definition) is 7. The van der Waals surface area contributed by atoms with Gasteiger partial charge in [-0.3, -0.25) is 9.36 Å². The fraction of sp³-hybridized carbons (Fsp3) is 0.211. The van der Waals surface area contributed by atoms with Crippen molar-refractivity contribution in [1.29, 1.82) is 0 Å². The second kappa shape index (κ2) is 7.81. The Hall–Kier alpha value is -3.20. The Morgan fingerprint density at radius 2 is 1.96 bits per heavy atom. The smallest absolute Gasteiger partial charge is 0.251 e. The molecule has 2 heterocycles. The van der Waals surface area contributed by atoms with Crippen LogP contribution in [0, 0.1) is 0 Å². The first-order valence-electron chi connectivity index (χ1n) is 8.50. The van der Waals surface area contributed by atoms with Crippen molar-refractivity contribution in [3.63, 3.8) is 0 Å². The molecule has 0 atom stereocenters. The number of methoxy groups -OCH3 is 1. The molecule has 2 aromatic carbocycles. The molecule has 0 saturated heterocycles. The van der Waals surface area contributed by atoms with E-state index in [1.54, 1.807) is 25.3 Å². The van der Waals surface area contributed by atoms with Crippen LogP contribution in [0.2, 0.25) is 0 Å². The van der Waals surface area contributed by atoms with E-state index in [9.17, 15) is 4.79 Å². The van der Waals surface area contributed by atoms with Crippen LogP contribution in [0.25, 0.3) is 5.69 Å². The molecule has 0 radical (unpaired) electrons. The first kappa shape index (κ1) is 18.2. The lowest BCUT2D eigenvalue weighted by Crippen LogP contribution is -2.24. The highest BCUT2D eigenvalue weighted by atomic mass is 32.2. The predicted molar refractivity (Wildman–Crippen MR) is 103 cm³/mol. The van der Waals surface area contributed by atoms with Crippen LogP contribution in [0.5, 0.6) is 17.2 Å². The largest absolute Gasteiger partial charge is 0.497 e. The van der Waals surface area contributed by atoms with Gasteiger partial charge in [0.1, 0.15) is 5.75 Å². The molecule has 8 nitrogen and oxygen atoms in total. The van der Waals surface area contributed by atoms with E-state index in [0.717, 1.165) is 16.6 Å². The number of fused-ring (bicyclic) bond motifs is 1. The first-order chi connectivity index (χ1) is 13.7. The normalized spacial score (nSPS) is 12.1. The molecule has 144 valence electrons. The molecule has 28 heavy (non-hydrogen) atoms. The Bertz CT molecular complexity index is 1000. The molecule has 1 aromatic heterocycles. The average Bonchev–Trinajstić information content (AvgIpc) is 3.37. The van der Waals surface area contributed by atoms with Crippen LogP contribution in [0.15, 0.2) is 47.6 Å². The highest BCUT2D eigenvalue weighted by Crippen LogP contribution is 2.32. The maximum atomic E-state index is 12.5. The SMILES string of the molecule is COc1ccc(-n2c(CNC(=O)c3ccc4c(c3)OCO4)nnc2SC)cc1. The van der Waals surface area contributed by atoms with E-state index in [-0.39, 0.29) is 19.2 Å². The standard InChI is InChI=1S/C19H18N4O4S/c1-25-14-6-4-13(5-7-14)23-17(21-22-19(23)28-2)10-20-18(24)12-3-8-15-16(9-12)27-11-26-15/h3-9H,10-11H2,1-2H3,(H,20,24). The van der Waals surface area contributed by atoms with Crippen molar-refractivity contribution in [2.45, 2.75) is 11.7 Å². The molecule has 1 amide bonds. The van der Waals surface area contributed by atoms with Crippen molar-refractivity contribution in [2.75, 3.05) is 20.2 Å². The third kappa shape index (κ3) is 3.48. The monoisotopic (exact) mass is 398 g/mol. The number of rotatable bonds is 6. The van der Waals surface area contributed by atoms with Crippen molar-refractivity contribution >= 4 is 17.7 Å². The molecule has 0 spiro atoms. The third-order valence-electron chi connectivity index (χ3n) is 4.26. The Morgan fingerprint density at radius 1 is 1.18 bits per heavy atom. The van der Waals surface area contributed by atoms with Gasteiger partial charge in [0.05, 0.1) is 13.7 Å². The molecule has 1 N–H and O–H groups in total. The molecule has 1 aliphatic heterocycles. The fourth-order valence-electron chi connectivity index (χ4n) is 2.84. The molecule has 4 rings (SSSR count). The zero-order chi connectivity index (χ0) is 19.5. The van der Waals surface area contributed by atoms with Gasteiger partial charge in [0.15, 0.2) is 22.5 Å². The van der Waals surface area contributed by atoms with Gasteiger partial charge >= 0.3 is 0 Å². The summed E-state index contributed by atoms with van der Waals surface area (Å²) in [4.78, 5) is 12.5. The minimum atomic E-state index is -0.228. The number of carbonyl (C=O) groups excluding carboxylic acids is 1. The Kier molecular flexibility index (Phi) is 5.07. The minimum Gasteiger partial charge on any atom is -0.497 e. The van der Waals surface area contributed by atoms with E-state index in [4.69, 9.17) is 14.2 Å². The maximum Gasteiger partial charge on any atom is 0.251 e. The van der Waals surface area contributed by atoms with Crippen molar-refractivity contribution < 1.29 is 19.0 Å². The van der Waals surface area contributed by atoms with Crippen LogP contribution in [0.4, 0.5) is 0 Å². The van der Waals surface area contributed by atoms with Crippen LogP contribution in [-0.4, -0.2) is 40.8 Å². The van der Waals surface area contributed by atoms with Gasteiger partial charge in [-0.15, -0.1) is 10.2 Å². The van der Waals surface area contributed by atoms with Gasteiger partial charge in [-0.05, 0) is 48.7 Å². The van der Waals surface area contributed by atoms with Crippen LogP contribution in [0.1, 0.15) is 16.2 Å². The summed E-state index contributed by atoms with van der Waals surface area (Å²) >= 11 is 1.48. The predicted octanol–water partition coefficient (Wildman–Crippen LogP) is 2.66. The van der Waals surface area contributed by atoms with Gasteiger partial charge in [-0.1, -0.05) is 11.8 Å². The molecule has 3 aromatic rings. The molecular formula is C19H18N4O4S. The molecule has 1 aliphatic rings. The van der Waals surface area contributed by atoms with Gasteiger partial charge < -0.3 is 19.5 Å². The molecule has 0 unspecified atom stereocenters. The zero-order valence-electron chi connectivity index (χ0n) is 15.3. The number of nitrogens with one attached hydrogen (secondary N) is 1. The van der Waals surface area contributed by atoms with E-state index < -0.39 is 0 Å². The Labute approximate surface area is 165 Å². The second-order valence-corrected chi connectivity index (χ2v) is 6.66. The van der Waals surface area contributed by atoms with E-state index in [2.05, 4.69) is 15.5 Å². The molecule has 0 saturated carbocycles. The Morgan fingerprint density at radius 3 is 2.71 bits per heavy atom. The molecular weight excluding hydrogens is 380 g/mol. The number of benzene rings is 2. The lowest BCUT2D eigenvalue weighted by molar-refractivity contribution is 0.0949. The summed E-state index contributed by atoms with van der Waals surface area (Å²) in [5, 5.41) is 12.1. The van der Waals surface area contributed by atoms with Crippen LogP contribution >= 0.6 is 11.8 Å². The number of aromatic nitrogens is 3. The average molecular weight is 398 g/mol. The van der Waals surface area contributed by atoms with Gasteiger partial charge in [0, 0.05) is 11.3 Å².